The molecule has 2 rings (SSSR count). The van der Waals surface area contributed by atoms with Crippen LogP contribution in [0.1, 0.15) is 11.5 Å². The van der Waals surface area contributed by atoms with E-state index in [1.165, 1.54) is 13.2 Å². The minimum absolute atomic E-state index is 0.00752. The quantitative estimate of drug-likeness (QED) is 0.932. The maximum absolute atomic E-state index is 13.1. The Bertz CT molecular complexity index is 640. The third kappa shape index (κ3) is 2.92. The van der Waals surface area contributed by atoms with E-state index in [0.29, 0.717) is 0 Å². The van der Waals surface area contributed by atoms with Gasteiger partial charge in [0.05, 0.1) is 20.8 Å². The van der Waals surface area contributed by atoms with Gasteiger partial charge < -0.3 is 19.7 Å². The number of hydrogen-bond acceptors (Lipinski definition) is 6. The van der Waals surface area contributed by atoms with Crippen LogP contribution in [0.5, 0.6) is 11.5 Å². The molecule has 6 nitrogen and oxygen atoms in total. The summed E-state index contributed by atoms with van der Waals surface area (Å²) >= 11 is 0. The zero-order chi connectivity index (χ0) is 15.6. The van der Waals surface area contributed by atoms with Gasteiger partial charge in [-0.1, -0.05) is 5.16 Å². The highest BCUT2D eigenvalue weighted by molar-refractivity contribution is 5.64. The first-order valence-electron chi connectivity index (χ1n) is 5.77. The van der Waals surface area contributed by atoms with Crippen LogP contribution in [0.2, 0.25) is 0 Å². The summed E-state index contributed by atoms with van der Waals surface area (Å²) in [4.78, 5) is 3.89. The second-order valence-corrected chi connectivity index (χ2v) is 3.97. The highest BCUT2D eigenvalue weighted by atomic mass is 19.4. The summed E-state index contributed by atoms with van der Waals surface area (Å²) in [6.07, 6.45) is -4.62. The Labute approximate surface area is 117 Å². The van der Waals surface area contributed by atoms with Crippen LogP contribution >= 0.6 is 0 Å². The number of nitrogens with two attached hydrogens (primary N) is 1. The first-order valence-corrected chi connectivity index (χ1v) is 5.77. The Hall–Kier alpha value is -2.29. The number of alkyl halides is 3. The molecule has 2 aromatic rings. The molecule has 21 heavy (non-hydrogen) atoms. The summed E-state index contributed by atoms with van der Waals surface area (Å²) in [6.45, 7) is -0.00752. The smallest absolute Gasteiger partial charge is 0.420 e. The largest absolute Gasteiger partial charge is 0.493 e. The number of nitrogens with zero attached hydrogens (tertiary/aromatic N) is 2. The van der Waals surface area contributed by atoms with Crippen molar-refractivity contribution < 1.29 is 27.2 Å². The summed E-state index contributed by atoms with van der Waals surface area (Å²) in [5.74, 6) is -0.382. The van der Waals surface area contributed by atoms with Crippen molar-refractivity contribution in [3.05, 3.63) is 23.6 Å². The predicted molar refractivity (Wildman–Crippen MR) is 65.7 cm³/mol. The molecule has 0 saturated heterocycles. The van der Waals surface area contributed by atoms with Crippen LogP contribution < -0.4 is 15.2 Å². The molecule has 0 unspecified atom stereocenters. The number of rotatable bonds is 4. The third-order valence-corrected chi connectivity index (χ3v) is 2.69. The summed E-state index contributed by atoms with van der Waals surface area (Å²) in [7, 11) is 2.37. The van der Waals surface area contributed by atoms with Crippen LogP contribution in [-0.4, -0.2) is 24.4 Å². The Morgan fingerprint density at radius 2 is 1.95 bits per heavy atom. The van der Waals surface area contributed by atoms with Gasteiger partial charge in [-0.2, -0.15) is 18.2 Å². The minimum atomic E-state index is -4.62. The lowest BCUT2D eigenvalue weighted by Gasteiger charge is -2.16. The van der Waals surface area contributed by atoms with E-state index in [1.807, 2.05) is 0 Å². The van der Waals surface area contributed by atoms with Crippen molar-refractivity contribution in [2.75, 3.05) is 14.2 Å². The number of benzene rings is 1. The average molecular weight is 303 g/mol. The van der Waals surface area contributed by atoms with Crippen molar-refractivity contribution in [1.82, 2.24) is 10.1 Å². The summed E-state index contributed by atoms with van der Waals surface area (Å²) < 4.78 is 53.8. The minimum Gasteiger partial charge on any atom is -0.493 e. The SMILES string of the molecule is COc1cc(-c2noc(CN)n2)cc(C(F)(F)F)c1OC. The van der Waals surface area contributed by atoms with Gasteiger partial charge in [-0.05, 0) is 12.1 Å². The molecule has 114 valence electrons. The maximum Gasteiger partial charge on any atom is 0.420 e. The first-order chi connectivity index (χ1) is 9.90. The van der Waals surface area contributed by atoms with E-state index >= 15 is 0 Å². The lowest BCUT2D eigenvalue weighted by Crippen LogP contribution is -2.09. The Morgan fingerprint density at radius 1 is 1.24 bits per heavy atom. The molecule has 0 amide bonds. The highest BCUT2D eigenvalue weighted by Crippen LogP contribution is 2.43. The van der Waals surface area contributed by atoms with Crippen molar-refractivity contribution in [2.45, 2.75) is 12.7 Å². The molecular weight excluding hydrogens is 291 g/mol. The predicted octanol–water partition coefficient (Wildman–Crippen LogP) is 2.23. The number of aromatic nitrogens is 2. The molecule has 0 atom stereocenters. The molecule has 9 heteroatoms. The average Bonchev–Trinajstić information content (AvgIpc) is 2.93. The van der Waals surface area contributed by atoms with Crippen molar-refractivity contribution in [3.63, 3.8) is 0 Å². The van der Waals surface area contributed by atoms with E-state index in [2.05, 4.69) is 10.1 Å². The van der Waals surface area contributed by atoms with Gasteiger partial charge in [0, 0.05) is 5.56 Å². The molecule has 1 aromatic heterocycles. The van der Waals surface area contributed by atoms with Gasteiger partial charge in [0.15, 0.2) is 11.5 Å². The molecule has 0 saturated carbocycles. The van der Waals surface area contributed by atoms with Gasteiger partial charge in [-0.3, -0.25) is 0 Å². The van der Waals surface area contributed by atoms with E-state index in [0.717, 1.165) is 13.2 Å². The van der Waals surface area contributed by atoms with Crippen LogP contribution in [0.4, 0.5) is 13.2 Å². The Balaban J connectivity index is 2.62. The standard InChI is InChI=1S/C12H12F3N3O3/c1-19-8-4-6(11-17-9(5-16)21-18-11)3-7(10(8)20-2)12(13,14)15/h3-4H,5,16H2,1-2H3. The van der Waals surface area contributed by atoms with E-state index < -0.39 is 17.5 Å². The summed E-state index contributed by atoms with van der Waals surface area (Å²) in [5, 5.41) is 3.58. The van der Waals surface area contributed by atoms with Crippen LogP contribution in [0, 0.1) is 0 Å². The highest BCUT2D eigenvalue weighted by Gasteiger charge is 2.37. The second kappa shape index (κ2) is 5.60. The fourth-order valence-electron chi connectivity index (χ4n) is 1.76. The molecule has 0 bridgehead atoms. The molecular formula is C12H12F3N3O3. The number of ether oxygens (including phenoxy) is 2. The fraction of sp³-hybridized carbons (Fsp3) is 0.333. The van der Waals surface area contributed by atoms with E-state index in [1.54, 1.807) is 0 Å². The molecule has 0 spiro atoms. The van der Waals surface area contributed by atoms with Gasteiger partial charge in [-0.25, -0.2) is 0 Å². The molecule has 2 N–H and O–H groups in total. The van der Waals surface area contributed by atoms with E-state index in [4.69, 9.17) is 19.7 Å². The molecule has 0 aliphatic rings. The van der Waals surface area contributed by atoms with Gasteiger partial charge >= 0.3 is 6.18 Å². The number of halogens is 3. The lowest BCUT2D eigenvalue weighted by atomic mass is 10.1. The van der Waals surface area contributed by atoms with E-state index in [-0.39, 0.29) is 29.6 Å². The van der Waals surface area contributed by atoms with Gasteiger partial charge in [0.2, 0.25) is 11.7 Å². The first kappa shape index (κ1) is 15.1. The zero-order valence-electron chi connectivity index (χ0n) is 11.2. The molecule has 0 aliphatic carbocycles. The zero-order valence-corrected chi connectivity index (χ0v) is 11.2. The molecule has 0 fully saturated rings. The second-order valence-electron chi connectivity index (χ2n) is 3.97. The molecule has 1 aromatic carbocycles. The van der Waals surface area contributed by atoms with Gasteiger partial charge in [0.25, 0.3) is 0 Å². The van der Waals surface area contributed by atoms with Crippen LogP contribution in [0.25, 0.3) is 11.4 Å². The van der Waals surface area contributed by atoms with Crippen molar-refractivity contribution in [3.8, 4) is 22.9 Å². The van der Waals surface area contributed by atoms with Crippen molar-refractivity contribution >= 4 is 0 Å². The summed E-state index contributed by atoms with van der Waals surface area (Å²) in [6, 6.07) is 2.20. The number of methoxy groups -OCH3 is 2. The van der Waals surface area contributed by atoms with Crippen molar-refractivity contribution in [2.24, 2.45) is 5.73 Å². The molecule has 0 radical (unpaired) electrons. The molecule has 1 heterocycles. The van der Waals surface area contributed by atoms with Crippen molar-refractivity contribution in [1.29, 1.82) is 0 Å². The number of hydrogen-bond donors (Lipinski definition) is 1. The van der Waals surface area contributed by atoms with Crippen LogP contribution in [0.3, 0.4) is 0 Å². The van der Waals surface area contributed by atoms with Crippen LogP contribution in [0.15, 0.2) is 16.7 Å². The summed E-state index contributed by atoms with van der Waals surface area (Å²) in [5.41, 5.74) is 4.42. The Morgan fingerprint density at radius 3 is 2.43 bits per heavy atom. The fourth-order valence-corrected chi connectivity index (χ4v) is 1.76. The lowest BCUT2D eigenvalue weighted by molar-refractivity contribution is -0.138. The van der Waals surface area contributed by atoms with E-state index in [9.17, 15) is 13.2 Å². The van der Waals surface area contributed by atoms with Gasteiger partial charge in [0.1, 0.15) is 5.56 Å². The molecule has 0 aliphatic heterocycles. The van der Waals surface area contributed by atoms with Gasteiger partial charge in [-0.15, -0.1) is 0 Å². The van der Waals surface area contributed by atoms with Crippen LogP contribution in [-0.2, 0) is 12.7 Å². The Kier molecular flexibility index (Phi) is 4.03. The normalized spacial score (nSPS) is 11.5. The topological polar surface area (TPSA) is 83.4 Å². The monoisotopic (exact) mass is 303 g/mol. The maximum atomic E-state index is 13.1. The third-order valence-electron chi connectivity index (χ3n) is 2.69.